The normalized spacial score (nSPS) is 15.3. The van der Waals surface area contributed by atoms with Crippen LogP contribution in [-0.4, -0.2) is 12.1 Å². The van der Waals surface area contributed by atoms with E-state index in [1.165, 1.54) is 29.7 Å². The molecule has 1 saturated carbocycles. The highest BCUT2D eigenvalue weighted by molar-refractivity contribution is 7.09. The van der Waals surface area contributed by atoms with Crippen molar-refractivity contribution in [2.24, 2.45) is 0 Å². The van der Waals surface area contributed by atoms with Gasteiger partial charge in [0.15, 0.2) is 0 Å². The van der Waals surface area contributed by atoms with Gasteiger partial charge in [0.05, 0.1) is 6.54 Å². The maximum atomic E-state index is 12.8. The van der Waals surface area contributed by atoms with Gasteiger partial charge in [-0.2, -0.15) is 0 Å². The first-order valence-electron chi connectivity index (χ1n) is 8.39. The van der Waals surface area contributed by atoms with Crippen LogP contribution in [0.3, 0.4) is 0 Å². The maximum Gasteiger partial charge on any atom is 0.322 e. The van der Waals surface area contributed by atoms with E-state index in [1.807, 2.05) is 23.1 Å². The van der Waals surface area contributed by atoms with Crippen LogP contribution in [0.15, 0.2) is 41.8 Å². The third-order valence-corrected chi connectivity index (χ3v) is 5.28. The zero-order valence-electron chi connectivity index (χ0n) is 13.6. The molecule has 3 rings (SSSR count). The van der Waals surface area contributed by atoms with Crippen LogP contribution >= 0.6 is 11.3 Å². The molecule has 1 aliphatic carbocycles. The smallest absolute Gasteiger partial charge is 0.322 e. The number of aryl methyl sites for hydroxylation is 1. The summed E-state index contributed by atoms with van der Waals surface area (Å²) in [4.78, 5) is 15.9. The molecule has 1 aliphatic rings. The first-order chi connectivity index (χ1) is 11.2. The van der Waals surface area contributed by atoms with Crippen molar-refractivity contribution in [1.82, 2.24) is 5.32 Å². The first-order valence-corrected chi connectivity index (χ1v) is 9.27. The van der Waals surface area contributed by atoms with Crippen molar-refractivity contribution in [2.75, 3.05) is 4.90 Å². The summed E-state index contributed by atoms with van der Waals surface area (Å²) in [5, 5.41) is 5.29. The molecule has 1 fully saturated rings. The molecule has 1 aromatic heterocycles. The van der Waals surface area contributed by atoms with Crippen LogP contribution in [0.2, 0.25) is 0 Å². The Hall–Kier alpha value is -1.81. The third kappa shape index (κ3) is 4.35. The first kappa shape index (κ1) is 16.1. The van der Waals surface area contributed by atoms with Gasteiger partial charge in [-0.15, -0.1) is 11.3 Å². The van der Waals surface area contributed by atoms with Crippen molar-refractivity contribution < 1.29 is 4.79 Å². The summed E-state index contributed by atoms with van der Waals surface area (Å²) in [5.41, 5.74) is 2.16. The molecule has 0 atom stereocenters. The summed E-state index contributed by atoms with van der Waals surface area (Å²) in [6.07, 6.45) is 5.95. The zero-order valence-corrected chi connectivity index (χ0v) is 14.4. The number of rotatable bonds is 4. The van der Waals surface area contributed by atoms with Crippen molar-refractivity contribution in [2.45, 2.75) is 51.6 Å². The Bertz CT molecular complexity index is 615. The quantitative estimate of drug-likeness (QED) is 0.831. The second kappa shape index (κ2) is 7.64. The highest BCUT2D eigenvalue weighted by Crippen LogP contribution is 2.22. The third-order valence-electron chi connectivity index (χ3n) is 4.42. The molecular weight excluding hydrogens is 304 g/mol. The fraction of sp³-hybridized carbons (Fsp3) is 0.421. The Labute approximate surface area is 142 Å². The van der Waals surface area contributed by atoms with E-state index in [0.29, 0.717) is 12.6 Å². The van der Waals surface area contributed by atoms with Crippen molar-refractivity contribution in [1.29, 1.82) is 0 Å². The molecule has 0 radical (unpaired) electrons. The number of nitrogens with one attached hydrogen (secondary N) is 1. The number of hydrogen-bond acceptors (Lipinski definition) is 2. The SMILES string of the molecule is Cc1ccc(N(Cc2cccs2)C(=O)NC2CCCCC2)cc1. The molecule has 1 aromatic carbocycles. The number of benzene rings is 1. The monoisotopic (exact) mass is 328 g/mol. The van der Waals surface area contributed by atoms with E-state index in [4.69, 9.17) is 0 Å². The average Bonchev–Trinajstić information content (AvgIpc) is 3.08. The summed E-state index contributed by atoms with van der Waals surface area (Å²) in [7, 11) is 0. The number of urea groups is 1. The van der Waals surface area contributed by atoms with Crippen LogP contribution in [0.4, 0.5) is 10.5 Å². The molecule has 0 saturated heterocycles. The van der Waals surface area contributed by atoms with Gasteiger partial charge >= 0.3 is 6.03 Å². The van der Waals surface area contributed by atoms with E-state index in [1.54, 1.807) is 11.3 Å². The van der Waals surface area contributed by atoms with Crippen LogP contribution in [0.5, 0.6) is 0 Å². The lowest BCUT2D eigenvalue weighted by molar-refractivity contribution is 0.238. The van der Waals surface area contributed by atoms with Gasteiger partial charge in [0.2, 0.25) is 0 Å². The molecule has 2 aromatic rings. The van der Waals surface area contributed by atoms with E-state index in [2.05, 4.69) is 35.8 Å². The van der Waals surface area contributed by atoms with Gasteiger partial charge in [0.25, 0.3) is 0 Å². The molecule has 0 unspecified atom stereocenters. The molecule has 3 nitrogen and oxygen atoms in total. The molecule has 0 aliphatic heterocycles. The molecular formula is C19H24N2OS. The zero-order chi connectivity index (χ0) is 16.1. The van der Waals surface area contributed by atoms with Gasteiger partial charge in [-0.25, -0.2) is 4.79 Å². The molecule has 4 heteroatoms. The Morgan fingerprint density at radius 1 is 1.17 bits per heavy atom. The lowest BCUT2D eigenvalue weighted by atomic mass is 9.96. The second-order valence-corrected chi connectivity index (χ2v) is 7.32. The van der Waals surface area contributed by atoms with Crippen molar-refractivity contribution in [3.63, 3.8) is 0 Å². The number of nitrogens with zero attached hydrogens (tertiary/aromatic N) is 1. The Morgan fingerprint density at radius 3 is 2.57 bits per heavy atom. The Morgan fingerprint density at radius 2 is 1.91 bits per heavy atom. The molecule has 2 amide bonds. The van der Waals surface area contributed by atoms with Crippen LogP contribution < -0.4 is 10.2 Å². The van der Waals surface area contributed by atoms with Gasteiger partial charge in [-0.3, -0.25) is 4.90 Å². The van der Waals surface area contributed by atoms with Gasteiger partial charge in [0.1, 0.15) is 0 Å². The minimum atomic E-state index is 0.0224. The molecule has 1 N–H and O–H groups in total. The Balaban J connectivity index is 1.75. The predicted molar refractivity (Wildman–Crippen MR) is 97.1 cm³/mol. The minimum Gasteiger partial charge on any atom is -0.335 e. The molecule has 0 bridgehead atoms. The number of thiophene rings is 1. The van der Waals surface area contributed by atoms with Gasteiger partial charge in [-0.05, 0) is 43.3 Å². The Kier molecular flexibility index (Phi) is 5.34. The van der Waals surface area contributed by atoms with Crippen molar-refractivity contribution in [3.05, 3.63) is 52.2 Å². The summed E-state index contributed by atoms with van der Waals surface area (Å²) in [5.74, 6) is 0. The summed E-state index contributed by atoms with van der Waals surface area (Å²) in [6, 6.07) is 12.6. The topological polar surface area (TPSA) is 32.3 Å². The van der Waals surface area contributed by atoms with Crippen molar-refractivity contribution in [3.8, 4) is 0 Å². The number of hydrogen-bond donors (Lipinski definition) is 1. The summed E-state index contributed by atoms with van der Waals surface area (Å²) < 4.78 is 0. The largest absolute Gasteiger partial charge is 0.335 e. The predicted octanol–water partition coefficient (Wildman–Crippen LogP) is 5.11. The number of anilines is 1. The van der Waals surface area contributed by atoms with Gasteiger partial charge in [0, 0.05) is 16.6 Å². The van der Waals surface area contributed by atoms with E-state index >= 15 is 0 Å². The summed E-state index contributed by atoms with van der Waals surface area (Å²) in [6.45, 7) is 2.69. The summed E-state index contributed by atoms with van der Waals surface area (Å²) >= 11 is 1.69. The van der Waals surface area contributed by atoms with E-state index < -0.39 is 0 Å². The lowest BCUT2D eigenvalue weighted by Gasteiger charge is -2.28. The fourth-order valence-electron chi connectivity index (χ4n) is 3.06. The van der Waals surface area contributed by atoms with Gasteiger partial charge in [-0.1, -0.05) is 43.0 Å². The van der Waals surface area contributed by atoms with Crippen LogP contribution in [0, 0.1) is 6.92 Å². The maximum absolute atomic E-state index is 12.8. The van der Waals surface area contributed by atoms with E-state index in [9.17, 15) is 4.79 Å². The van der Waals surface area contributed by atoms with E-state index in [0.717, 1.165) is 18.5 Å². The molecule has 0 spiro atoms. The standard InChI is InChI=1S/C19H24N2OS/c1-15-9-11-17(12-10-15)21(14-18-8-5-13-23-18)19(22)20-16-6-3-2-4-7-16/h5,8-13,16H,2-4,6-7,14H2,1H3,(H,20,22). The average molecular weight is 328 g/mol. The van der Waals surface area contributed by atoms with Crippen LogP contribution in [0.1, 0.15) is 42.5 Å². The van der Waals surface area contributed by atoms with Crippen LogP contribution in [-0.2, 0) is 6.54 Å². The number of carbonyl (C=O) groups is 1. The van der Waals surface area contributed by atoms with Crippen molar-refractivity contribution >= 4 is 23.1 Å². The van der Waals surface area contributed by atoms with E-state index in [-0.39, 0.29) is 6.03 Å². The fourth-order valence-corrected chi connectivity index (χ4v) is 3.76. The molecule has 1 heterocycles. The van der Waals surface area contributed by atoms with Crippen LogP contribution in [0.25, 0.3) is 0 Å². The number of amides is 2. The second-order valence-electron chi connectivity index (χ2n) is 6.29. The molecule has 122 valence electrons. The lowest BCUT2D eigenvalue weighted by Crippen LogP contribution is -2.45. The highest BCUT2D eigenvalue weighted by atomic mass is 32.1. The molecule has 23 heavy (non-hydrogen) atoms. The highest BCUT2D eigenvalue weighted by Gasteiger charge is 2.21. The van der Waals surface area contributed by atoms with Gasteiger partial charge < -0.3 is 5.32 Å². The number of carbonyl (C=O) groups excluding carboxylic acids is 1. The minimum absolute atomic E-state index is 0.0224.